The van der Waals surface area contributed by atoms with Gasteiger partial charge in [0.25, 0.3) is 0 Å². The van der Waals surface area contributed by atoms with Gasteiger partial charge in [0.1, 0.15) is 0 Å². The molecule has 0 atom stereocenters. The first-order chi connectivity index (χ1) is 10.1. The standard InChI is InChI=1S/C17H21FN2O/c1-3-20(11-13-4-7-15(19)8-5-13)12-14-6-9-17(21-2)16(18)10-14/h4-10H,3,11-12,19H2,1-2H3. The number of halogens is 1. The highest BCUT2D eigenvalue weighted by Crippen LogP contribution is 2.19. The molecule has 0 radical (unpaired) electrons. The van der Waals surface area contributed by atoms with E-state index in [-0.39, 0.29) is 11.6 Å². The lowest BCUT2D eigenvalue weighted by Crippen LogP contribution is -2.22. The van der Waals surface area contributed by atoms with Gasteiger partial charge < -0.3 is 10.5 Å². The van der Waals surface area contributed by atoms with Crippen LogP contribution in [0.5, 0.6) is 5.75 Å². The SMILES string of the molecule is CCN(Cc1ccc(N)cc1)Cc1ccc(OC)c(F)c1. The van der Waals surface area contributed by atoms with Gasteiger partial charge in [0.2, 0.25) is 0 Å². The number of nitrogen functional groups attached to an aromatic ring is 1. The fourth-order valence-corrected chi connectivity index (χ4v) is 2.23. The number of hydrogen-bond donors (Lipinski definition) is 1. The number of rotatable bonds is 6. The first kappa shape index (κ1) is 15.3. The second-order valence-corrected chi connectivity index (χ2v) is 5.01. The summed E-state index contributed by atoms with van der Waals surface area (Å²) in [5, 5.41) is 0. The molecule has 0 spiro atoms. The third-order valence-corrected chi connectivity index (χ3v) is 3.46. The van der Waals surface area contributed by atoms with Crippen LogP contribution in [0.1, 0.15) is 18.1 Å². The van der Waals surface area contributed by atoms with Gasteiger partial charge in [-0.3, -0.25) is 4.90 Å². The highest BCUT2D eigenvalue weighted by atomic mass is 19.1. The van der Waals surface area contributed by atoms with Gasteiger partial charge in [-0.25, -0.2) is 4.39 Å². The summed E-state index contributed by atoms with van der Waals surface area (Å²) in [6, 6.07) is 12.9. The zero-order chi connectivity index (χ0) is 15.2. The van der Waals surface area contributed by atoms with E-state index in [1.165, 1.54) is 18.7 Å². The fraction of sp³-hybridized carbons (Fsp3) is 0.294. The van der Waals surface area contributed by atoms with Gasteiger partial charge in [-0.1, -0.05) is 25.1 Å². The summed E-state index contributed by atoms with van der Waals surface area (Å²) < 4.78 is 18.7. The smallest absolute Gasteiger partial charge is 0.165 e. The van der Waals surface area contributed by atoms with Gasteiger partial charge in [0.05, 0.1) is 7.11 Å². The van der Waals surface area contributed by atoms with Gasteiger partial charge in [0, 0.05) is 18.8 Å². The summed E-state index contributed by atoms with van der Waals surface area (Å²) in [7, 11) is 1.47. The number of hydrogen-bond acceptors (Lipinski definition) is 3. The normalized spacial score (nSPS) is 10.9. The molecule has 2 N–H and O–H groups in total. The molecule has 0 fully saturated rings. The molecule has 0 aliphatic rings. The lowest BCUT2D eigenvalue weighted by molar-refractivity contribution is 0.270. The van der Waals surface area contributed by atoms with Crippen molar-refractivity contribution in [1.82, 2.24) is 4.90 Å². The molecule has 0 unspecified atom stereocenters. The Morgan fingerprint density at radius 2 is 1.67 bits per heavy atom. The van der Waals surface area contributed by atoms with E-state index in [9.17, 15) is 4.39 Å². The largest absolute Gasteiger partial charge is 0.494 e. The molecule has 0 amide bonds. The Balaban J connectivity index is 2.05. The van der Waals surface area contributed by atoms with Crippen LogP contribution in [0.25, 0.3) is 0 Å². The van der Waals surface area contributed by atoms with E-state index in [0.717, 1.165) is 24.3 Å². The number of benzene rings is 2. The van der Waals surface area contributed by atoms with Crippen molar-refractivity contribution in [2.24, 2.45) is 0 Å². The quantitative estimate of drug-likeness (QED) is 0.828. The number of anilines is 1. The van der Waals surface area contributed by atoms with Crippen LogP contribution in [0.15, 0.2) is 42.5 Å². The molecule has 3 nitrogen and oxygen atoms in total. The first-order valence-electron chi connectivity index (χ1n) is 7.01. The van der Waals surface area contributed by atoms with Gasteiger partial charge >= 0.3 is 0 Å². The minimum absolute atomic E-state index is 0.278. The monoisotopic (exact) mass is 288 g/mol. The minimum Gasteiger partial charge on any atom is -0.494 e. The Kier molecular flexibility index (Phi) is 5.17. The van der Waals surface area contributed by atoms with Crippen molar-refractivity contribution in [3.8, 4) is 5.75 Å². The average Bonchev–Trinajstić information content (AvgIpc) is 2.49. The first-order valence-corrected chi connectivity index (χ1v) is 7.01. The van der Waals surface area contributed by atoms with Crippen molar-refractivity contribution >= 4 is 5.69 Å². The van der Waals surface area contributed by atoms with Crippen molar-refractivity contribution in [2.45, 2.75) is 20.0 Å². The molecule has 2 aromatic rings. The number of nitrogens with two attached hydrogens (primary N) is 1. The summed E-state index contributed by atoms with van der Waals surface area (Å²) in [5.41, 5.74) is 8.58. The number of ether oxygens (including phenoxy) is 1. The van der Waals surface area contributed by atoms with Crippen LogP contribution in [-0.4, -0.2) is 18.6 Å². The summed E-state index contributed by atoms with van der Waals surface area (Å²) in [6.45, 7) is 4.49. The lowest BCUT2D eigenvalue weighted by Gasteiger charge is -2.21. The molecule has 0 aromatic heterocycles. The maximum absolute atomic E-state index is 13.7. The zero-order valence-corrected chi connectivity index (χ0v) is 12.5. The van der Waals surface area contributed by atoms with Crippen LogP contribution >= 0.6 is 0 Å². The zero-order valence-electron chi connectivity index (χ0n) is 12.5. The van der Waals surface area contributed by atoms with Gasteiger partial charge in [-0.05, 0) is 41.9 Å². The van der Waals surface area contributed by atoms with E-state index in [1.54, 1.807) is 6.07 Å². The van der Waals surface area contributed by atoms with Gasteiger partial charge in [0.15, 0.2) is 11.6 Å². The van der Waals surface area contributed by atoms with E-state index in [4.69, 9.17) is 10.5 Å². The van der Waals surface area contributed by atoms with Crippen molar-refractivity contribution < 1.29 is 9.13 Å². The van der Waals surface area contributed by atoms with E-state index in [0.29, 0.717) is 6.54 Å². The fourth-order valence-electron chi connectivity index (χ4n) is 2.23. The molecular formula is C17H21FN2O. The molecule has 0 saturated heterocycles. The Labute approximate surface area is 125 Å². The van der Waals surface area contributed by atoms with Crippen molar-refractivity contribution in [3.05, 3.63) is 59.4 Å². The van der Waals surface area contributed by atoms with Crippen molar-refractivity contribution in [2.75, 3.05) is 19.4 Å². The molecule has 0 bridgehead atoms. The minimum atomic E-state index is -0.321. The Morgan fingerprint density at radius 3 is 2.24 bits per heavy atom. The van der Waals surface area contributed by atoms with Crippen LogP contribution in [0.3, 0.4) is 0 Å². The Bertz CT molecular complexity index is 584. The maximum atomic E-state index is 13.7. The van der Waals surface area contributed by atoms with E-state index < -0.39 is 0 Å². The van der Waals surface area contributed by atoms with Gasteiger partial charge in [-0.15, -0.1) is 0 Å². The van der Waals surface area contributed by atoms with Crippen LogP contribution < -0.4 is 10.5 Å². The highest BCUT2D eigenvalue weighted by Gasteiger charge is 2.08. The average molecular weight is 288 g/mol. The lowest BCUT2D eigenvalue weighted by atomic mass is 10.1. The second kappa shape index (κ2) is 7.09. The van der Waals surface area contributed by atoms with E-state index in [1.807, 2.05) is 30.3 Å². The van der Waals surface area contributed by atoms with Crippen LogP contribution in [0, 0.1) is 5.82 Å². The summed E-state index contributed by atoms with van der Waals surface area (Å²) in [4.78, 5) is 2.24. The third-order valence-electron chi connectivity index (χ3n) is 3.46. The number of nitrogens with zero attached hydrogens (tertiary/aromatic N) is 1. The molecule has 21 heavy (non-hydrogen) atoms. The van der Waals surface area contributed by atoms with Crippen LogP contribution in [-0.2, 0) is 13.1 Å². The van der Waals surface area contributed by atoms with Crippen LogP contribution in [0.4, 0.5) is 10.1 Å². The summed E-state index contributed by atoms with van der Waals surface area (Å²) in [5.74, 6) is -0.0427. The van der Waals surface area contributed by atoms with E-state index in [2.05, 4.69) is 11.8 Å². The molecule has 0 saturated carbocycles. The molecule has 0 aliphatic carbocycles. The molecule has 0 heterocycles. The highest BCUT2D eigenvalue weighted by molar-refractivity contribution is 5.39. The molecule has 2 aromatic carbocycles. The van der Waals surface area contributed by atoms with Crippen LogP contribution in [0.2, 0.25) is 0 Å². The molecule has 0 aliphatic heterocycles. The third kappa shape index (κ3) is 4.20. The predicted molar refractivity (Wildman–Crippen MR) is 83.6 cm³/mol. The Morgan fingerprint density at radius 1 is 1.05 bits per heavy atom. The predicted octanol–water partition coefficient (Wildman–Crippen LogP) is 3.44. The van der Waals surface area contributed by atoms with Crippen molar-refractivity contribution in [3.63, 3.8) is 0 Å². The molecule has 2 rings (SSSR count). The second-order valence-electron chi connectivity index (χ2n) is 5.01. The summed E-state index contributed by atoms with van der Waals surface area (Å²) >= 11 is 0. The van der Waals surface area contributed by atoms with Gasteiger partial charge in [-0.2, -0.15) is 0 Å². The number of methoxy groups -OCH3 is 1. The summed E-state index contributed by atoms with van der Waals surface area (Å²) in [6.07, 6.45) is 0. The topological polar surface area (TPSA) is 38.5 Å². The molecule has 112 valence electrons. The molecule has 4 heteroatoms. The molecular weight excluding hydrogens is 267 g/mol. The maximum Gasteiger partial charge on any atom is 0.165 e. The Hall–Kier alpha value is -2.07. The van der Waals surface area contributed by atoms with E-state index >= 15 is 0 Å². The van der Waals surface area contributed by atoms with Crippen molar-refractivity contribution in [1.29, 1.82) is 0 Å².